The van der Waals surface area contributed by atoms with E-state index in [4.69, 9.17) is 0 Å². The first-order chi connectivity index (χ1) is 10.2. The SMILES string of the molecule is O=C1c2ccccc2-c2cc3cccc(C(=O)O)c3nc21. The number of rotatable bonds is 1. The van der Waals surface area contributed by atoms with Crippen LogP contribution in [0.2, 0.25) is 0 Å². The first kappa shape index (κ1) is 11.8. The van der Waals surface area contributed by atoms with Gasteiger partial charge in [-0.2, -0.15) is 0 Å². The van der Waals surface area contributed by atoms with Crippen molar-refractivity contribution >= 4 is 22.7 Å². The maximum atomic E-state index is 12.4. The molecule has 0 atom stereocenters. The highest BCUT2D eigenvalue weighted by Crippen LogP contribution is 2.37. The third kappa shape index (κ3) is 1.53. The van der Waals surface area contributed by atoms with Crippen molar-refractivity contribution in [2.24, 2.45) is 0 Å². The van der Waals surface area contributed by atoms with Gasteiger partial charge in [0.15, 0.2) is 0 Å². The largest absolute Gasteiger partial charge is 0.478 e. The molecule has 0 fully saturated rings. The Balaban J connectivity index is 2.10. The molecule has 1 aliphatic rings. The molecule has 100 valence electrons. The predicted molar refractivity (Wildman–Crippen MR) is 77.6 cm³/mol. The number of carboxylic acid groups (broad SMARTS) is 1. The zero-order valence-corrected chi connectivity index (χ0v) is 10.8. The molecular weight excluding hydrogens is 266 g/mol. The number of fused-ring (bicyclic) bond motifs is 4. The second kappa shape index (κ2) is 3.99. The van der Waals surface area contributed by atoms with E-state index in [9.17, 15) is 14.7 Å². The number of ketones is 1. The smallest absolute Gasteiger partial charge is 0.337 e. The zero-order chi connectivity index (χ0) is 14.6. The van der Waals surface area contributed by atoms with Gasteiger partial charge >= 0.3 is 5.97 Å². The van der Waals surface area contributed by atoms with Crippen molar-refractivity contribution in [1.82, 2.24) is 4.98 Å². The van der Waals surface area contributed by atoms with Crippen molar-refractivity contribution in [2.45, 2.75) is 0 Å². The van der Waals surface area contributed by atoms with Gasteiger partial charge in [-0.05, 0) is 17.7 Å². The quantitative estimate of drug-likeness (QED) is 0.579. The molecule has 0 radical (unpaired) electrons. The summed E-state index contributed by atoms with van der Waals surface area (Å²) in [5, 5.41) is 9.97. The van der Waals surface area contributed by atoms with Crippen LogP contribution in [0.5, 0.6) is 0 Å². The van der Waals surface area contributed by atoms with Gasteiger partial charge in [0, 0.05) is 16.5 Å². The molecule has 1 N–H and O–H groups in total. The van der Waals surface area contributed by atoms with Crippen LogP contribution in [0.15, 0.2) is 48.5 Å². The van der Waals surface area contributed by atoms with E-state index in [1.807, 2.05) is 24.3 Å². The Hall–Kier alpha value is -3.01. The fraction of sp³-hybridized carbons (Fsp3) is 0. The number of carboxylic acids is 1. The van der Waals surface area contributed by atoms with Crippen LogP contribution < -0.4 is 0 Å². The predicted octanol–water partition coefficient (Wildman–Crippen LogP) is 3.14. The number of hydrogen-bond donors (Lipinski definition) is 1. The molecule has 4 nitrogen and oxygen atoms in total. The second-order valence-corrected chi connectivity index (χ2v) is 4.94. The molecule has 0 spiro atoms. The lowest BCUT2D eigenvalue weighted by Crippen LogP contribution is -2.03. The Morgan fingerprint density at radius 2 is 1.71 bits per heavy atom. The lowest BCUT2D eigenvalue weighted by atomic mass is 10.0. The van der Waals surface area contributed by atoms with E-state index in [1.165, 1.54) is 6.07 Å². The van der Waals surface area contributed by atoms with E-state index in [2.05, 4.69) is 4.98 Å². The van der Waals surface area contributed by atoms with E-state index in [1.54, 1.807) is 18.2 Å². The number of aromatic carboxylic acids is 1. The number of benzene rings is 2. The second-order valence-electron chi connectivity index (χ2n) is 4.94. The minimum Gasteiger partial charge on any atom is -0.478 e. The van der Waals surface area contributed by atoms with Crippen molar-refractivity contribution in [1.29, 1.82) is 0 Å². The number of nitrogens with zero attached hydrogens (tertiary/aromatic N) is 1. The summed E-state index contributed by atoms with van der Waals surface area (Å²) in [6.07, 6.45) is 0. The molecule has 0 unspecified atom stereocenters. The number of pyridine rings is 1. The van der Waals surface area contributed by atoms with E-state index < -0.39 is 5.97 Å². The van der Waals surface area contributed by atoms with Gasteiger partial charge in [0.1, 0.15) is 5.69 Å². The zero-order valence-electron chi connectivity index (χ0n) is 10.8. The van der Waals surface area contributed by atoms with Crippen LogP contribution in [0, 0.1) is 0 Å². The van der Waals surface area contributed by atoms with E-state index in [0.717, 1.165) is 16.5 Å². The van der Waals surface area contributed by atoms with Gasteiger partial charge in [0.2, 0.25) is 5.78 Å². The van der Waals surface area contributed by atoms with Gasteiger partial charge in [-0.1, -0.05) is 36.4 Å². The fourth-order valence-corrected chi connectivity index (χ4v) is 2.79. The van der Waals surface area contributed by atoms with Crippen LogP contribution in [-0.2, 0) is 0 Å². The Kier molecular flexibility index (Phi) is 2.24. The molecule has 3 aromatic rings. The van der Waals surface area contributed by atoms with Crippen molar-refractivity contribution in [2.75, 3.05) is 0 Å². The average Bonchev–Trinajstić information content (AvgIpc) is 2.78. The molecule has 4 heteroatoms. The highest BCUT2D eigenvalue weighted by Gasteiger charge is 2.28. The topological polar surface area (TPSA) is 67.3 Å². The first-order valence-corrected chi connectivity index (χ1v) is 6.48. The number of hydrogen-bond acceptors (Lipinski definition) is 3. The Morgan fingerprint density at radius 3 is 2.48 bits per heavy atom. The Bertz CT molecular complexity index is 944. The van der Waals surface area contributed by atoms with Gasteiger partial charge in [-0.15, -0.1) is 0 Å². The van der Waals surface area contributed by atoms with Crippen molar-refractivity contribution in [3.63, 3.8) is 0 Å². The molecule has 4 rings (SSSR count). The highest BCUT2D eigenvalue weighted by molar-refractivity contribution is 6.22. The van der Waals surface area contributed by atoms with Gasteiger partial charge in [-0.3, -0.25) is 4.79 Å². The Morgan fingerprint density at radius 1 is 0.952 bits per heavy atom. The number of carbonyl (C=O) groups excluding carboxylic acids is 1. The van der Waals surface area contributed by atoms with E-state index >= 15 is 0 Å². The molecule has 2 aromatic carbocycles. The standard InChI is InChI=1S/C17H9NO3/c19-16-11-6-2-1-5-10(11)13-8-9-4-3-7-12(17(20)21)14(9)18-15(13)16/h1-8H,(H,20,21). The van der Waals surface area contributed by atoms with E-state index in [-0.39, 0.29) is 11.3 Å². The molecule has 0 saturated heterocycles. The highest BCUT2D eigenvalue weighted by atomic mass is 16.4. The van der Waals surface area contributed by atoms with Gasteiger partial charge in [-0.25, -0.2) is 9.78 Å². The average molecular weight is 275 g/mol. The summed E-state index contributed by atoms with van der Waals surface area (Å²) < 4.78 is 0. The van der Waals surface area contributed by atoms with Crippen molar-refractivity contribution in [3.8, 4) is 11.1 Å². The normalized spacial score (nSPS) is 12.3. The first-order valence-electron chi connectivity index (χ1n) is 6.48. The molecule has 0 saturated carbocycles. The van der Waals surface area contributed by atoms with Crippen LogP contribution in [0.4, 0.5) is 0 Å². The third-order valence-corrected chi connectivity index (χ3v) is 3.75. The van der Waals surface area contributed by atoms with Crippen LogP contribution in [0.1, 0.15) is 26.4 Å². The van der Waals surface area contributed by atoms with Crippen LogP contribution >= 0.6 is 0 Å². The number of aromatic nitrogens is 1. The summed E-state index contributed by atoms with van der Waals surface area (Å²) >= 11 is 0. The third-order valence-electron chi connectivity index (χ3n) is 3.75. The summed E-state index contributed by atoms with van der Waals surface area (Å²) in [5.74, 6) is -1.20. The lowest BCUT2D eigenvalue weighted by Gasteiger charge is -2.05. The fourth-order valence-electron chi connectivity index (χ4n) is 2.79. The van der Waals surface area contributed by atoms with Gasteiger partial charge in [0.05, 0.1) is 11.1 Å². The molecule has 0 amide bonds. The van der Waals surface area contributed by atoms with Crippen LogP contribution in [0.25, 0.3) is 22.0 Å². The number of para-hydroxylation sites is 1. The lowest BCUT2D eigenvalue weighted by molar-refractivity contribution is 0.0698. The van der Waals surface area contributed by atoms with E-state index in [0.29, 0.717) is 16.8 Å². The summed E-state index contributed by atoms with van der Waals surface area (Å²) in [6.45, 7) is 0. The van der Waals surface area contributed by atoms with Gasteiger partial charge in [0.25, 0.3) is 0 Å². The van der Waals surface area contributed by atoms with Gasteiger partial charge < -0.3 is 5.11 Å². The summed E-state index contributed by atoms with van der Waals surface area (Å²) in [4.78, 5) is 28.0. The molecule has 0 bridgehead atoms. The molecule has 1 heterocycles. The van der Waals surface area contributed by atoms with Crippen molar-refractivity contribution < 1.29 is 14.7 Å². The molecule has 0 aliphatic heterocycles. The van der Waals surface area contributed by atoms with Crippen molar-refractivity contribution in [3.05, 3.63) is 65.4 Å². The summed E-state index contributed by atoms with van der Waals surface area (Å²) in [6, 6.07) is 14.2. The summed E-state index contributed by atoms with van der Waals surface area (Å²) in [7, 11) is 0. The molecule has 1 aliphatic carbocycles. The summed E-state index contributed by atoms with van der Waals surface area (Å²) in [5.41, 5.74) is 3.03. The van der Waals surface area contributed by atoms with Crippen LogP contribution in [-0.4, -0.2) is 21.8 Å². The maximum absolute atomic E-state index is 12.4. The van der Waals surface area contributed by atoms with Crippen LogP contribution in [0.3, 0.4) is 0 Å². The minimum absolute atomic E-state index is 0.110. The number of carbonyl (C=O) groups is 2. The molecule has 21 heavy (non-hydrogen) atoms. The minimum atomic E-state index is -1.05. The monoisotopic (exact) mass is 275 g/mol. The molecular formula is C17H9NO3. The molecule has 1 aromatic heterocycles. The Labute approximate surface area is 119 Å². The maximum Gasteiger partial charge on any atom is 0.337 e.